The van der Waals surface area contributed by atoms with Gasteiger partial charge >= 0.3 is 0 Å². The Kier molecular flexibility index (Phi) is 5.22. The highest BCUT2D eigenvalue weighted by Gasteiger charge is 2.13. The van der Waals surface area contributed by atoms with Crippen LogP contribution >= 0.6 is 0 Å². The number of halogens is 1. The summed E-state index contributed by atoms with van der Waals surface area (Å²) >= 11 is 0. The summed E-state index contributed by atoms with van der Waals surface area (Å²) in [7, 11) is 4.94. The van der Waals surface area contributed by atoms with Gasteiger partial charge in [0.1, 0.15) is 11.6 Å². The number of ether oxygens (including phenoxy) is 2. The van der Waals surface area contributed by atoms with Gasteiger partial charge in [0, 0.05) is 18.2 Å². The molecule has 0 fully saturated rings. The molecule has 0 atom stereocenters. The van der Waals surface area contributed by atoms with Crippen LogP contribution in [0.25, 0.3) is 0 Å². The summed E-state index contributed by atoms with van der Waals surface area (Å²) in [5, 5.41) is 2.99. The largest absolute Gasteiger partial charge is 0.496 e. The third-order valence-corrected chi connectivity index (χ3v) is 2.42. The van der Waals surface area contributed by atoms with Crippen molar-refractivity contribution in [2.75, 3.05) is 27.8 Å². The predicted molar refractivity (Wildman–Crippen MR) is 61.3 cm³/mol. The summed E-state index contributed by atoms with van der Waals surface area (Å²) in [5.74, 6) is 0.365. The van der Waals surface area contributed by atoms with Crippen molar-refractivity contribution in [3.05, 3.63) is 29.1 Å². The van der Waals surface area contributed by atoms with Gasteiger partial charge in [0.2, 0.25) is 0 Å². The summed E-state index contributed by atoms with van der Waals surface area (Å²) < 4.78 is 24.1. The van der Waals surface area contributed by atoms with Crippen LogP contribution in [0.15, 0.2) is 12.1 Å². The Labute approximate surface area is 95.6 Å². The average Bonchev–Trinajstić information content (AvgIpc) is 2.30. The van der Waals surface area contributed by atoms with Crippen molar-refractivity contribution in [2.45, 2.75) is 13.0 Å². The number of methoxy groups -OCH3 is 2. The van der Waals surface area contributed by atoms with Crippen molar-refractivity contribution in [3.8, 4) is 5.75 Å². The maximum Gasteiger partial charge on any atom is 0.135 e. The molecule has 0 aliphatic carbocycles. The lowest BCUT2D eigenvalue weighted by molar-refractivity contribution is 0.181. The van der Waals surface area contributed by atoms with Crippen molar-refractivity contribution in [1.82, 2.24) is 5.32 Å². The number of hydrogen-bond donors (Lipinski definition) is 1. The second-order valence-corrected chi connectivity index (χ2v) is 3.51. The minimum atomic E-state index is -0.226. The maximum absolute atomic E-state index is 14.0. The molecule has 1 aromatic rings. The van der Waals surface area contributed by atoms with Gasteiger partial charge in [0.25, 0.3) is 0 Å². The molecular weight excluding hydrogens is 209 g/mol. The second kappa shape index (κ2) is 6.45. The van der Waals surface area contributed by atoms with Crippen molar-refractivity contribution in [1.29, 1.82) is 0 Å². The number of nitrogens with one attached hydrogen (secondary N) is 1. The fourth-order valence-corrected chi connectivity index (χ4v) is 1.59. The Hall–Kier alpha value is -1.13. The molecule has 0 unspecified atom stereocenters. The number of rotatable bonds is 6. The fourth-order valence-electron chi connectivity index (χ4n) is 1.59. The summed E-state index contributed by atoms with van der Waals surface area (Å²) in [6.45, 7) is 0.992. The molecule has 1 N–H and O–H groups in total. The Morgan fingerprint density at radius 2 is 2.06 bits per heavy atom. The van der Waals surface area contributed by atoms with Crippen LogP contribution in [0.4, 0.5) is 4.39 Å². The predicted octanol–water partition coefficient (Wildman–Crippen LogP) is 1.74. The zero-order valence-corrected chi connectivity index (χ0v) is 9.97. The average molecular weight is 227 g/mol. The third kappa shape index (κ3) is 2.93. The number of benzene rings is 1. The zero-order valence-electron chi connectivity index (χ0n) is 9.97. The SMILES string of the molecule is CNCCc1c(OC)ccc(COC)c1F. The van der Waals surface area contributed by atoms with E-state index in [9.17, 15) is 4.39 Å². The third-order valence-electron chi connectivity index (χ3n) is 2.42. The van der Waals surface area contributed by atoms with Crippen molar-refractivity contribution < 1.29 is 13.9 Å². The lowest BCUT2D eigenvalue weighted by atomic mass is 10.1. The molecule has 0 bridgehead atoms. The Balaban J connectivity index is 3.02. The van der Waals surface area contributed by atoms with E-state index in [1.54, 1.807) is 26.4 Å². The summed E-state index contributed by atoms with van der Waals surface area (Å²) in [6, 6.07) is 3.48. The van der Waals surface area contributed by atoms with Gasteiger partial charge in [-0.05, 0) is 26.1 Å². The molecule has 90 valence electrons. The molecule has 0 spiro atoms. The minimum absolute atomic E-state index is 0.226. The smallest absolute Gasteiger partial charge is 0.135 e. The van der Waals surface area contributed by atoms with Crippen LogP contribution in [0.2, 0.25) is 0 Å². The zero-order chi connectivity index (χ0) is 12.0. The van der Waals surface area contributed by atoms with Crippen LogP contribution < -0.4 is 10.1 Å². The lowest BCUT2D eigenvalue weighted by Crippen LogP contribution is -2.13. The van der Waals surface area contributed by atoms with Gasteiger partial charge in [-0.2, -0.15) is 0 Å². The lowest BCUT2D eigenvalue weighted by Gasteiger charge is -2.12. The molecule has 0 aliphatic rings. The van der Waals surface area contributed by atoms with Crippen LogP contribution in [0, 0.1) is 5.82 Å². The highest BCUT2D eigenvalue weighted by Crippen LogP contribution is 2.25. The molecule has 1 aromatic carbocycles. The summed E-state index contributed by atoms with van der Waals surface area (Å²) in [6.07, 6.45) is 0.600. The normalized spacial score (nSPS) is 10.5. The van der Waals surface area contributed by atoms with E-state index in [4.69, 9.17) is 9.47 Å². The molecule has 0 saturated carbocycles. The van der Waals surface area contributed by atoms with E-state index in [0.29, 0.717) is 29.8 Å². The van der Waals surface area contributed by atoms with Crippen LogP contribution in [-0.2, 0) is 17.8 Å². The van der Waals surface area contributed by atoms with E-state index in [0.717, 1.165) is 0 Å². The van der Waals surface area contributed by atoms with Crippen molar-refractivity contribution >= 4 is 0 Å². The highest BCUT2D eigenvalue weighted by molar-refractivity contribution is 5.39. The summed E-state index contributed by atoms with van der Waals surface area (Å²) in [4.78, 5) is 0. The van der Waals surface area contributed by atoms with Gasteiger partial charge in [-0.1, -0.05) is 6.07 Å². The van der Waals surface area contributed by atoms with Crippen LogP contribution in [0.3, 0.4) is 0 Å². The molecule has 0 aliphatic heterocycles. The molecule has 0 radical (unpaired) electrons. The quantitative estimate of drug-likeness (QED) is 0.803. The number of hydrogen-bond acceptors (Lipinski definition) is 3. The molecule has 0 heterocycles. The standard InChI is InChI=1S/C12H18FNO2/c1-14-7-6-10-11(16-3)5-4-9(8-15-2)12(10)13/h4-5,14H,6-8H2,1-3H3. The van der Waals surface area contributed by atoms with Crippen LogP contribution in [0.5, 0.6) is 5.75 Å². The molecule has 4 heteroatoms. The van der Waals surface area contributed by atoms with Gasteiger partial charge in [-0.25, -0.2) is 4.39 Å². The molecule has 0 aromatic heterocycles. The molecule has 1 rings (SSSR count). The van der Waals surface area contributed by atoms with Gasteiger partial charge in [0.05, 0.1) is 13.7 Å². The van der Waals surface area contributed by atoms with E-state index < -0.39 is 0 Å². The van der Waals surface area contributed by atoms with E-state index in [2.05, 4.69) is 5.32 Å². The first kappa shape index (κ1) is 12.9. The Bertz CT molecular complexity index is 342. The molecular formula is C12H18FNO2. The van der Waals surface area contributed by atoms with E-state index >= 15 is 0 Å². The highest BCUT2D eigenvalue weighted by atomic mass is 19.1. The molecule has 0 saturated heterocycles. The van der Waals surface area contributed by atoms with Crippen molar-refractivity contribution in [3.63, 3.8) is 0 Å². The van der Waals surface area contributed by atoms with Gasteiger partial charge in [0.15, 0.2) is 0 Å². The monoisotopic (exact) mass is 227 g/mol. The molecule has 0 amide bonds. The fraction of sp³-hybridized carbons (Fsp3) is 0.500. The topological polar surface area (TPSA) is 30.5 Å². The molecule has 16 heavy (non-hydrogen) atoms. The minimum Gasteiger partial charge on any atom is -0.496 e. The van der Waals surface area contributed by atoms with E-state index in [1.165, 1.54) is 0 Å². The van der Waals surface area contributed by atoms with Gasteiger partial charge in [-0.3, -0.25) is 0 Å². The first-order valence-electron chi connectivity index (χ1n) is 5.22. The summed E-state index contributed by atoms with van der Waals surface area (Å²) in [5.41, 5.74) is 1.17. The van der Waals surface area contributed by atoms with E-state index in [1.807, 2.05) is 7.05 Å². The maximum atomic E-state index is 14.0. The Morgan fingerprint density at radius 1 is 1.31 bits per heavy atom. The first-order valence-corrected chi connectivity index (χ1v) is 5.22. The van der Waals surface area contributed by atoms with E-state index in [-0.39, 0.29) is 12.4 Å². The Morgan fingerprint density at radius 3 is 2.62 bits per heavy atom. The second-order valence-electron chi connectivity index (χ2n) is 3.51. The first-order chi connectivity index (χ1) is 7.74. The molecule has 3 nitrogen and oxygen atoms in total. The van der Waals surface area contributed by atoms with Gasteiger partial charge < -0.3 is 14.8 Å². The van der Waals surface area contributed by atoms with Gasteiger partial charge in [-0.15, -0.1) is 0 Å². The van der Waals surface area contributed by atoms with Crippen LogP contribution in [-0.4, -0.2) is 27.8 Å². The van der Waals surface area contributed by atoms with Crippen LogP contribution in [0.1, 0.15) is 11.1 Å². The number of likely N-dealkylation sites (N-methyl/N-ethyl adjacent to an activating group) is 1. The van der Waals surface area contributed by atoms with Crippen molar-refractivity contribution in [2.24, 2.45) is 0 Å².